The van der Waals surface area contributed by atoms with Crippen LogP contribution in [0.2, 0.25) is 0 Å². The molecule has 1 aromatic carbocycles. The fourth-order valence-electron chi connectivity index (χ4n) is 2.84. The lowest BCUT2D eigenvalue weighted by Gasteiger charge is -2.35. The van der Waals surface area contributed by atoms with Gasteiger partial charge in [-0.25, -0.2) is 0 Å². The van der Waals surface area contributed by atoms with Crippen LogP contribution >= 0.6 is 12.2 Å². The number of amides is 1. The van der Waals surface area contributed by atoms with Crippen LogP contribution in [0.3, 0.4) is 0 Å². The first-order chi connectivity index (χ1) is 9.97. The van der Waals surface area contributed by atoms with E-state index in [1.54, 1.807) is 4.90 Å². The van der Waals surface area contributed by atoms with E-state index < -0.39 is 5.41 Å². The van der Waals surface area contributed by atoms with E-state index in [9.17, 15) is 4.79 Å². The molecule has 0 unspecified atom stereocenters. The summed E-state index contributed by atoms with van der Waals surface area (Å²) in [6.45, 7) is 4.71. The van der Waals surface area contributed by atoms with Crippen molar-refractivity contribution in [1.29, 1.82) is 0 Å². The third-order valence-electron chi connectivity index (χ3n) is 3.84. The minimum Gasteiger partial charge on any atom is -0.392 e. The molecular formula is C17H26N2OS. The van der Waals surface area contributed by atoms with E-state index in [4.69, 9.17) is 18.0 Å². The van der Waals surface area contributed by atoms with Gasteiger partial charge in [-0.1, -0.05) is 69.2 Å². The third-order valence-corrected chi connectivity index (χ3v) is 4.23. The second kappa shape index (κ2) is 8.13. The van der Waals surface area contributed by atoms with Crippen LogP contribution in [0.4, 0.5) is 0 Å². The Labute approximate surface area is 133 Å². The second-order valence-electron chi connectivity index (χ2n) is 5.59. The number of benzene rings is 1. The summed E-state index contributed by atoms with van der Waals surface area (Å²) in [5.41, 5.74) is 6.38. The Morgan fingerprint density at radius 3 is 2.14 bits per heavy atom. The van der Waals surface area contributed by atoms with Gasteiger partial charge in [0.25, 0.3) is 0 Å². The Morgan fingerprint density at radius 2 is 1.71 bits per heavy atom. The fraction of sp³-hybridized carbons (Fsp3) is 0.529. The molecule has 0 radical (unpaired) electrons. The SMILES string of the molecule is CCCC(CCC)(C(=O)N(C)Cc1ccccc1)C(N)=S. The maximum atomic E-state index is 12.9. The van der Waals surface area contributed by atoms with E-state index in [1.807, 2.05) is 37.4 Å². The van der Waals surface area contributed by atoms with E-state index >= 15 is 0 Å². The average molecular weight is 306 g/mol. The van der Waals surface area contributed by atoms with E-state index in [0.717, 1.165) is 18.4 Å². The fourth-order valence-corrected chi connectivity index (χ4v) is 3.13. The van der Waals surface area contributed by atoms with Crippen molar-refractivity contribution in [1.82, 2.24) is 4.90 Å². The number of rotatable bonds is 8. The monoisotopic (exact) mass is 306 g/mol. The van der Waals surface area contributed by atoms with Gasteiger partial charge in [-0.05, 0) is 18.4 Å². The summed E-state index contributed by atoms with van der Waals surface area (Å²) in [5, 5.41) is 0. The highest BCUT2D eigenvalue weighted by Gasteiger charge is 2.41. The van der Waals surface area contributed by atoms with Gasteiger partial charge in [0, 0.05) is 13.6 Å². The molecule has 1 amide bonds. The molecule has 3 nitrogen and oxygen atoms in total. The Morgan fingerprint density at radius 1 is 1.19 bits per heavy atom. The lowest BCUT2D eigenvalue weighted by Crippen LogP contribution is -2.49. The zero-order valence-electron chi connectivity index (χ0n) is 13.3. The number of hydrogen-bond acceptors (Lipinski definition) is 2. The number of hydrogen-bond donors (Lipinski definition) is 1. The van der Waals surface area contributed by atoms with Gasteiger partial charge in [0.15, 0.2) is 0 Å². The van der Waals surface area contributed by atoms with Crippen LogP contribution in [-0.2, 0) is 11.3 Å². The molecule has 0 aliphatic rings. The maximum Gasteiger partial charge on any atom is 0.235 e. The standard InChI is InChI=1S/C17H26N2OS/c1-4-11-17(12-5-2,15(18)21)16(20)19(3)13-14-9-7-6-8-10-14/h6-10H,4-5,11-13H2,1-3H3,(H2,18,21). The van der Waals surface area contributed by atoms with Crippen LogP contribution in [0.25, 0.3) is 0 Å². The highest BCUT2D eigenvalue weighted by molar-refractivity contribution is 7.80. The molecule has 1 aromatic rings. The zero-order chi connectivity index (χ0) is 15.9. The molecule has 1 rings (SSSR count). The van der Waals surface area contributed by atoms with Crippen molar-refractivity contribution >= 4 is 23.1 Å². The van der Waals surface area contributed by atoms with Crippen molar-refractivity contribution in [2.45, 2.75) is 46.1 Å². The molecule has 0 saturated carbocycles. The van der Waals surface area contributed by atoms with Crippen molar-refractivity contribution < 1.29 is 4.79 Å². The van der Waals surface area contributed by atoms with Crippen LogP contribution in [0.1, 0.15) is 45.1 Å². The number of carbonyl (C=O) groups excluding carboxylic acids is 1. The Hall–Kier alpha value is -1.42. The number of carbonyl (C=O) groups is 1. The first kappa shape index (κ1) is 17.6. The molecule has 0 aromatic heterocycles. The summed E-state index contributed by atoms with van der Waals surface area (Å²) in [6.07, 6.45) is 3.22. The Bertz CT molecular complexity index is 467. The van der Waals surface area contributed by atoms with Gasteiger partial charge in [-0.15, -0.1) is 0 Å². The van der Waals surface area contributed by atoms with Gasteiger partial charge in [-0.3, -0.25) is 4.79 Å². The van der Waals surface area contributed by atoms with Gasteiger partial charge in [0.2, 0.25) is 5.91 Å². The Kier molecular flexibility index (Phi) is 6.82. The smallest absolute Gasteiger partial charge is 0.235 e. The highest BCUT2D eigenvalue weighted by atomic mass is 32.1. The van der Waals surface area contributed by atoms with Gasteiger partial charge in [0.05, 0.1) is 10.4 Å². The van der Waals surface area contributed by atoms with Crippen LogP contribution < -0.4 is 5.73 Å². The second-order valence-corrected chi connectivity index (χ2v) is 6.03. The quantitative estimate of drug-likeness (QED) is 0.748. The van der Waals surface area contributed by atoms with Gasteiger partial charge >= 0.3 is 0 Å². The molecule has 0 atom stereocenters. The van der Waals surface area contributed by atoms with Crippen LogP contribution in [-0.4, -0.2) is 22.8 Å². The maximum absolute atomic E-state index is 12.9. The summed E-state index contributed by atoms with van der Waals surface area (Å²) in [5.74, 6) is 0.0440. The van der Waals surface area contributed by atoms with Crippen molar-refractivity contribution in [3.63, 3.8) is 0 Å². The summed E-state index contributed by atoms with van der Waals surface area (Å²) in [6, 6.07) is 9.97. The summed E-state index contributed by atoms with van der Waals surface area (Å²) in [7, 11) is 1.83. The lowest BCUT2D eigenvalue weighted by molar-refractivity contribution is -0.138. The molecule has 2 N–H and O–H groups in total. The molecular weight excluding hydrogens is 280 g/mol. The van der Waals surface area contributed by atoms with E-state index in [-0.39, 0.29) is 5.91 Å². The topological polar surface area (TPSA) is 46.3 Å². The van der Waals surface area contributed by atoms with Crippen LogP contribution in [0, 0.1) is 5.41 Å². The molecule has 0 aliphatic carbocycles. The normalized spacial score (nSPS) is 11.2. The molecule has 4 heteroatoms. The molecule has 0 bridgehead atoms. The minimum atomic E-state index is -0.692. The first-order valence-electron chi connectivity index (χ1n) is 7.57. The molecule has 0 saturated heterocycles. The van der Waals surface area contributed by atoms with Gasteiger partial charge < -0.3 is 10.6 Å². The molecule has 116 valence electrons. The number of thiocarbonyl (C=S) groups is 1. The van der Waals surface area contributed by atoms with Crippen LogP contribution in [0.5, 0.6) is 0 Å². The minimum absolute atomic E-state index is 0.0440. The largest absolute Gasteiger partial charge is 0.392 e. The molecule has 21 heavy (non-hydrogen) atoms. The lowest BCUT2D eigenvalue weighted by atomic mass is 9.77. The molecule has 0 aliphatic heterocycles. The van der Waals surface area contributed by atoms with Crippen molar-refractivity contribution in [2.75, 3.05) is 7.05 Å². The Balaban J connectivity index is 2.96. The summed E-state index contributed by atoms with van der Waals surface area (Å²) in [4.78, 5) is 15.0. The van der Waals surface area contributed by atoms with Crippen LogP contribution in [0.15, 0.2) is 30.3 Å². The summed E-state index contributed by atoms with van der Waals surface area (Å²) >= 11 is 5.25. The van der Waals surface area contributed by atoms with E-state index in [0.29, 0.717) is 24.4 Å². The molecule has 0 fully saturated rings. The molecule has 0 spiro atoms. The summed E-state index contributed by atoms with van der Waals surface area (Å²) < 4.78 is 0. The van der Waals surface area contributed by atoms with Gasteiger partial charge in [-0.2, -0.15) is 0 Å². The van der Waals surface area contributed by atoms with Crippen molar-refractivity contribution in [2.24, 2.45) is 11.1 Å². The van der Waals surface area contributed by atoms with E-state index in [1.165, 1.54) is 0 Å². The highest BCUT2D eigenvalue weighted by Crippen LogP contribution is 2.33. The third kappa shape index (κ3) is 4.27. The number of nitrogens with two attached hydrogens (primary N) is 1. The average Bonchev–Trinajstić information content (AvgIpc) is 2.46. The predicted molar refractivity (Wildman–Crippen MR) is 92.0 cm³/mol. The first-order valence-corrected chi connectivity index (χ1v) is 7.98. The zero-order valence-corrected chi connectivity index (χ0v) is 14.1. The predicted octanol–water partition coefficient (Wildman–Crippen LogP) is 3.52. The van der Waals surface area contributed by atoms with Crippen molar-refractivity contribution in [3.8, 4) is 0 Å². The molecule has 0 heterocycles. The van der Waals surface area contributed by atoms with E-state index in [2.05, 4.69) is 13.8 Å². The number of nitrogens with zero attached hydrogens (tertiary/aromatic N) is 1. The van der Waals surface area contributed by atoms with Gasteiger partial charge in [0.1, 0.15) is 0 Å². The van der Waals surface area contributed by atoms with Crippen molar-refractivity contribution in [3.05, 3.63) is 35.9 Å².